The molecule has 0 spiro atoms. The maximum absolute atomic E-state index is 12.3. The van der Waals surface area contributed by atoms with Crippen molar-refractivity contribution >= 4 is 39.9 Å². The molecule has 1 aromatic carbocycles. The number of carbonyl (C=O) groups is 1. The van der Waals surface area contributed by atoms with Gasteiger partial charge in [-0.1, -0.05) is 29.4 Å². The summed E-state index contributed by atoms with van der Waals surface area (Å²) < 4.78 is 26.5. The van der Waals surface area contributed by atoms with Crippen molar-refractivity contribution in [3.05, 3.63) is 40.5 Å². The summed E-state index contributed by atoms with van der Waals surface area (Å²) in [5, 5.41) is 4.63. The Kier molecular flexibility index (Phi) is 4.96. The predicted molar refractivity (Wildman–Crippen MR) is 85.9 cm³/mol. The Hall–Kier alpha value is -1.35. The van der Waals surface area contributed by atoms with Gasteiger partial charge in [0.2, 0.25) is 0 Å². The second kappa shape index (κ2) is 6.41. The van der Waals surface area contributed by atoms with Crippen LogP contribution in [0.25, 0.3) is 0 Å². The predicted octanol–water partition coefficient (Wildman–Crippen LogP) is 2.46. The van der Waals surface area contributed by atoms with Gasteiger partial charge >= 0.3 is 10.2 Å². The number of benzene rings is 1. The molecule has 0 aliphatic rings. The highest BCUT2D eigenvalue weighted by Crippen LogP contribution is 2.35. The van der Waals surface area contributed by atoms with Gasteiger partial charge in [0.05, 0.1) is 11.8 Å². The molecular weight excluding hydrogens is 346 g/mol. The Morgan fingerprint density at radius 1 is 1.36 bits per heavy atom. The van der Waals surface area contributed by atoms with Crippen LogP contribution in [0.4, 0.5) is 0 Å². The number of carbonyl (C=O) groups excluding carboxylic acids is 1. The van der Waals surface area contributed by atoms with Gasteiger partial charge in [-0.2, -0.15) is 17.8 Å². The minimum Gasteiger partial charge on any atom is -0.298 e. The first kappa shape index (κ1) is 17.0. The molecule has 0 aliphatic heterocycles. The van der Waals surface area contributed by atoms with Crippen LogP contribution in [-0.4, -0.2) is 42.3 Å². The molecule has 2 aromatic rings. The molecular formula is C13H14ClN3O3S2. The van der Waals surface area contributed by atoms with Crippen LogP contribution in [0.3, 0.4) is 0 Å². The van der Waals surface area contributed by atoms with E-state index in [0.29, 0.717) is 11.3 Å². The third-order valence-corrected chi connectivity index (χ3v) is 6.38. The Labute approximate surface area is 138 Å². The SMILES string of the molecule is Cc1c(Cl)cccc1Sc1c(C=O)cnn1S(=O)(=O)N(C)C. The number of rotatable bonds is 5. The molecule has 0 saturated carbocycles. The molecule has 1 heterocycles. The molecule has 0 radical (unpaired) electrons. The Morgan fingerprint density at radius 2 is 2.05 bits per heavy atom. The summed E-state index contributed by atoms with van der Waals surface area (Å²) in [6.07, 6.45) is 1.81. The molecule has 0 aliphatic carbocycles. The van der Waals surface area contributed by atoms with Crippen LogP contribution in [0.2, 0.25) is 5.02 Å². The highest BCUT2D eigenvalue weighted by molar-refractivity contribution is 8.00. The molecule has 0 atom stereocenters. The van der Waals surface area contributed by atoms with Gasteiger partial charge in [0.15, 0.2) is 6.29 Å². The van der Waals surface area contributed by atoms with Gasteiger partial charge in [0, 0.05) is 24.0 Å². The molecule has 22 heavy (non-hydrogen) atoms. The average Bonchev–Trinajstić information content (AvgIpc) is 2.87. The van der Waals surface area contributed by atoms with E-state index in [9.17, 15) is 13.2 Å². The van der Waals surface area contributed by atoms with E-state index in [-0.39, 0.29) is 10.6 Å². The molecule has 6 nitrogen and oxygen atoms in total. The van der Waals surface area contributed by atoms with Gasteiger partial charge in [-0.15, -0.1) is 4.09 Å². The third kappa shape index (κ3) is 3.05. The molecule has 0 fully saturated rings. The number of nitrogens with zero attached hydrogens (tertiary/aromatic N) is 3. The van der Waals surface area contributed by atoms with E-state index in [1.165, 1.54) is 20.3 Å². The summed E-state index contributed by atoms with van der Waals surface area (Å²) in [5.41, 5.74) is 1.01. The van der Waals surface area contributed by atoms with Crippen LogP contribution in [0.5, 0.6) is 0 Å². The molecule has 0 bridgehead atoms. The number of aromatic nitrogens is 2. The monoisotopic (exact) mass is 359 g/mol. The lowest BCUT2D eigenvalue weighted by Gasteiger charge is -2.14. The first-order valence-electron chi connectivity index (χ1n) is 6.18. The van der Waals surface area contributed by atoms with Crippen molar-refractivity contribution in [1.29, 1.82) is 0 Å². The van der Waals surface area contributed by atoms with E-state index in [4.69, 9.17) is 11.6 Å². The van der Waals surface area contributed by atoms with Crippen LogP contribution in [0.15, 0.2) is 34.3 Å². The van der Waals surface area contributed by atoms with Gasteiger partial charge in [0.25, 0.3) is 0 Å². The van der Waals surface area contributed by atoms with E-state index < -0.39 is 10.2 Å². The van der Waals surface area contributed by atoms with Crippen LogP contribution in [0.1, 0.15) is 15.9 Å². The highest BCUT2D eigenvalue weighted by Gasteiger charge is 2.24. The lowest BCUT2D eigenvalue weighted by Crippen LogP contribution is -2.30. The van der Waals surface area contributed by atoms with Gasteiger partial charge in [0.1, 0.15) is 5.03 Å². The van der Waals surface area contributed by atoms with E-state index in [0.717, 1.165) is 30.6 Å². The fourth-order valence-corrected chi connectivity index (χ4v) is 4.01. The zero-order chi connectivity index (χ0) is 16.5. The fraction of sp³-hybridized carbons (Fsp3) is 0.231. The van der Waals surface area contributed by atoms with Crippen molar-refractivity contribution in [1.82, 2.24) is 13.5 Å². The molecule has 2 rings (SSSR count). The normalized spacial score (nSPS) is 11.9. The highest BCUT2D eigenvalue weighted by atomic mass is 35.5. The van der Waals surface area contributed by atoms with E-state index in [2.05, 4.69) is 5.10 Å². The maximum Gasteiger partial charge on any atom is 0.323 e. The summed E-state index contributed by atoms with van der Waals surface area (Å²) in [7, 11) is -1.01. The van der Waals surface area contributed by atoms with Gasteiger partial charge in [-0.05, 0) is 24.6 Å². The number of hydrogen-bond acceptors (Lipinski definition) is 5. The van der Waals surface area contributed by atoms with E-state index in [1.807, 2.05) is 6.92 Å². The van der Waals surface area contributed by atoms with Crippen molar-refractivity contribution in [2.24, 2.45) is 0 Å². The van der Waals surface area contributed by atoms with Crippen molar-refractivity contribution < 1.29 is 13.2 Å². The third-order valence-electron chi connectivity index (χ3n) is 2.95. The summed E-state index contributed by atoms with van der Waals surface area (Å²) in [6, 6.07) is 5.31. The van der Waals surface area contributed by atoms with Crippen molar-refractivity contribution in [3.63, 3.8) is 0 Å². The van der Waals surface area contributed by atoms with Gasteiger partial charge < -0.3 is 0 Å². The minimum atomic E-state index is -3.81. The van der Waals surface area contributed by atoms with Crippen molar-refractivity contribution in [3.8, 4) is 0 Å². The quantitative estimate of drug-likeness (QED) is 0.767. The van der Waals surface area contributed by atoms with Gasteiger partial charge in [-0.25, -0.2) is 0 Å². The number of halogens is 1. The first-order valence-corrected chi connectivity index (χ1v) is 8.77. The maximum atomic E-state index is 12.3. The van der Waals surface area contributed by atoms with Gasteiger partial charge in [-0.3, -0.25) is 4.79 Å². The number of aldehydes is 1. The number of hydrogen-bond donors (Lipinski definition) is 0. The van der Waals surface area contributed by atoms with E-state index >= 15 is 0 Å². The lowest BCUT2D eigenvalue weighted by molar-refractivity contribution is 0.112. The lowest BCUT2D eigenvalue weighted by atomic mass is 10.2. The smallest absolute Gasteiger partial charge is 0.298 e. The topological polar surface area (TPSA) is 72.3 Å². The largest absolute Gasteiger partial charge is 0.323 e. The molecule has 118 valence electrons. The second-order valence-electron chi connectivity index (χ2n) is 4.62. The van der Waals surface area contributed by atoms with Crippen LogP contribution >= 0.6 is 23.4 Å². The molecule has 0 unspecified atom stereocenters. The molecule has 9 heteroatoms. The summed E-state index contributed by atoms with van der Waals surface area (Å²) >= 11 is 7.21. The average molecular weight is 360 g/mol. The molecule has 0 N–H and O–H groups in total. The fourth-order valence-electron chi connectivity index (χ4n) is 1.63. The van der Waals surface area contributed by atoms with Crippen molar-refractivity contribution in [2.75, 3.05) is 14.1 Å². The summed E-state index contributed by atoms with van der Waals surface area (Å²) in [5.74, 6) is 0. The first-order chi connectivity index (χ1) is 10.3. The Bertz CT molecular complexity index is 816. The summed E-state index contributed by atoms with van der Waals surface area (Å²) in [6.45, 7) is 1.83. The Morgan fingerprint density at radius 3 is 2.64 bits per heavy atom. The standard InChI is InChI=1S/C13H14ClN3O3S2/c1-9-11(14)5-4-6-12(9)21-13-10(8-18)7-15-17(13)22(19,20)16(2)3/h4-8H,1-3H3. The zero-order valence-corrected chi connectivity index (χ0v) is 14.5. The molecule has 0 saturated heterocycles. The molecule has 0 amide bonds. The minimum absolute atomic E-state index is 0.204. The van der Waals surface area contributed by atoms with Crippen LogP contribution < -0.4 is 0 Å². The van der Waals surface area contributed by atoms with Crippen LogP contribution in [-0.2, 0) is 10.2 Å². The zero-order valence-electron chi connectivity index (χ0n) is 12.1. The summed E-state index contributed by atoms with van der Waals surface area (Å²) in [4.78, 5) is 11.9. The molecule has 1 aromatic heterocycles. The van der Waals surface area contributed by atoms with Crippen molar-refractivity contribution in [2.45, 2.75) is 16.8 Å². The van der Waals surface area contributed by atoms with Crippen LogP contribution in [0, 0.1) is 6.92 Å². The Balaban J connectivity index is 2.58. The second-order valence-corrected chi connectivity index (χ2v) is 8.03. The van der Waals surface area contributed by atoms with E-state index in [1.54, 1.807) is 18.2 Å².